The first kappa shape index (κ1) is 14.3. The summed E-state index contributed by atoms with van der Waals surface area (Å²) in [6.45, 7) is 4.00. The van der Waals surface area contributed by atoms with Gasteiger partial charge < -0.3 is 9.84 Å². The molecule has 2 unspecified atom stereocenters. The average molecular weight is 313 g/mol. The highest BCUT2D eigenvalue weighted by Crippen LogP contribution is 2.47. The molecule has 2 rings (SSSR count). The van der Waals surface area contributed by atoms with Crippen molar-refractivity contribution < 1.29 is 23.0 Å². The number of hydrogen-bond donors (Lipinski definition) is 1. The predicted molar refractivity (Wildman–Crippen MR) is 60.9 cm³/mol. The van der Waals surface area contributed by atoms with E-state index in [0.717, 1.165) is 0 Å². The monoisotopic (exact) mass is 312 g/mol. The molecule has 2 atom stereocenters. The van der Waals surface area contributed by atoms with Crippen LogP contribution in [0.25, 0.3) is 0 Å². The second-order valence-electron chi connectivity index (χ2n) is 3.21. The van der Waals surface area contributed by atoms with Crippen LogP contribution in [0.1, 0.15) is 25.3 Å². The third kappa shape index (κ3) is 2.93. The van der Waals surface area contributed by atoms with Crippen LogP contribution in [0.15, 0.2) is 22.7 Å². The minimum Gasteiger partial charge on any atom is -0.464 e. The molecule has 0 bridgehead atoms. The zero-order valence-electron chi connectivity index (χ0n) is 9.25. The van der Waals surface area contributed by atoms with Crippen LogP contribution in [0.3, 0.4) is 0 Å². The Balaban J connectivity index is 0.000000686. The standard InChI is InChI=1S/C9H6BrF3O2.C2H6/c10-4-1-2-6-5(3-4)7(8(14)15-6)9(11,12)13;1-2/h1-3,7-8,14H;1-2H3. The Hall–Kier alpha value is -0.750. The quantitative estimate of drug-likeness (QED) is 0.789. The Kier molecular flexibility index (Phi) is 4.43. The Morgan fingerprint density at radius 3 is 2.41 bits per heavy atom. The second kappa shape index (κ2) is 5.27. The Bertz CT molecular complexity index is 393. The largest absolute Gasteiger partial charge is 0.464 e. The van der Waals surface area contributed by atoms with E-state index in [2.05, 4.69) is 15.9 Å². The van der Waals surface area contributed by atoms with Gasteiger partial charge in [-0.25, -0.2) is 0 Å². The molecule has 17 heavy (non-hydrogen) atoms. The number of aliphatic hydroxyl groups is 1. The summed E-state index contributed by atoms with van der Waals surface area (Å²) in [4.78, 5) is 0. The van der Waals surface area contributed by atoms with Crippen LogP contribution in [0.2, 0.25) is 0 Å². The highest BCUT2D eigenvalue weighted by molar-refractivity contribution is 9.10. The van der Waals surface area contributed by atoms with E-state index in [1.54, 1.807) is 6.07 Å². The van der Waals surface area contributed by atoms with Crippen LogP contribution in [-0.4, -0.2) is 17.6 Å². The van der Waals surface area contributed by atoms with Gasteiger partial charge in [-0.1, -0.05) is 29.8 Å². The fraction of sp³-hybridized carbons (Fsp3) is 0.455. The van der Waals surface area contributed by atoms with Crippen molar-refractivity contribution in [3.8, 4) is 5.75 Å². The number of aliphatic hydroxyl groups excluding tert-OH is 1. The van der Waals surface area contributed by atoms with Gasteiger partial charge in [-0.15, -0.1) is 0 Å². The summed E-state index contributed by atoms with van der Waals surface area (Å²) in [5.74, 6) is -1.89. The minimum atomic E-state index is -4.51. The van der Waals surface area contributed by atoms with E-state index in [0.29, 0.717) is 4.47 Å². The van der Waals surface area contributed by atoms with Crippen LogP contribution >= 0.6 is 15.9 Å². The Morgan fingerprint density at radius 2 is 1.88 bits per heavy atom. The smallest absolute Gasteiger partial charge is 0.401 e. The van der Waals surface area contributed by atoms with Gasteiger partial charge in [0.1, 0.15) is 11.7 Å². The van der Waals surface area contributed by atoms with Gasteiger partial charge in [0, 0.05) is 10.0 Å². The van der Waals surface area contributed by atoms with Crippen molar-refractivity contribution in [2.24, 2.45) is 0 Å². The summed E-state index contributed by atoms with van der Waals surface area (Å²) in [7, 11) is 0. The van der Waals surface area contributed by atoms with E-state index in [1.165, 1.54) is 12.1 Å². The van der Waals surface area contributed by atoms with Crippen LogP contribution < -0.4 is 4.74 Å². The van der Waals surface area contributed by atoms with Crippen molar-refractivity contribution in [2.45, 2.75) is 32.2 Å². The molecule has 0 fully saturated rings. The third-order valence-electron chi connectivity index (χ3n) is 2.19. The maximum Gasteiger partial charge on any atom is 0.401 e. The fourth-order valence-corrected chi connectivity index (χ4v) is 1.94. The maximum absolute atomic E-state index is 12.6. The SMILES string of the molecule is CC.OC1Oc2ccc(Br)cc2C1C(F)(F)F. The predicted octanol–water partition coefficient (Wildman–Crippen LogP) is 3.83. The van der Waals surface area contributed by atoms with Gasteiger partial charge in [0.05, 0.1) is 0 Å². The van der Waals surface area contributed by atoms with Crippen molar-refractivity contribution in [2.75, 3.05) is 0 Å². The van der Waals surface area contributed by atoms with Gasteiger partial charge in [-0.2, -0.15) is 13.2 Å². The molecule has 1 aliphatic heterocycles. The van der Waals surface area contributed by atoms with Crippen molar-refractivity contribution in [3.05, 3.63) is 28.2 Å². The van der Waals surface area contributed by atoms with Crippen LogP contribution in [-0.2, 0) is 0 Å². The molecule has 0 amide bonds. The molecule has 96 valence electrons. The van der Waals surface area contributed by atoms with E-state index in [-0.39, 0.29) is 11.3 Å². The normalized spacial score (nSPS) is 22.3. The lowest BCUT2D eigenvalue weighted by atomic mass is 10.00. The molecule has 6 heteroatoms. The topological polar surface area (TPSA) is 29.5 Å². The highest BCUT2D eigenvalue weighted by Gasteiger charge is 2.51. The molecule has 0 spiro atoms. The second-order valence-corrected chi connectivity index (χ2v) is 4.13. The third-order valence-corrected chi connectivity index (χ3v) is 2.69. The highest BCUT2D eigenvalue weighted by atomic mass is 79.9. The Labute approximate surface area is 106 Å². The van der Waals surface area contributed by atoms with Crippen molar-refractivity contribution >= 4 is 15.9 Å². The molecular formula is C11H12BrF3O2. The number of alkyl halides is 3. The van der Waals surface area contributed by atoms with Gasteiger partial charge in [0.2, 0.25) is 6.29 Å². The zero-order valence-corrected chi connectivity index (χ0v) is 10.8. The van der Waals surface area contributed by atoms with Crippen molar-refractivity contribution in [1.82, 2.24) is 0 Å². The number of fused-ring (bicyclic) bond motifs is 1. The Morgan fingerprint density at radius 1 is 1.29 bits per heavy atom. The molecule has 0 saturated heterocycles. The van der Waals surface area contributed by atoms with E-state index in [4.69, 9.17) is 4.74 Å². The molecule has 1 aliphatic rings. The molecule has 1 aromatic rings. The lowest BCUT2D eigenvalue weighted by Gasteiger charge is -2.16. The van der Waals surface area contributed by atoms with Crippen LogP contribution in [0.4, 0.5) is 13.2 Å². The maximum atomic E-state index is 12.6. The first-order chi connectivity index (χ1) is 7.89. The first-order valence-corrected chi connectivity index (χ1v) is 5.90. The molecular weight excluding hydrogens is 301 g/mol. The number of benzene rings is 1. The molecule has 0 saturated carbocycles. The van der Waals surface area contributed by atoms with Gasteiger partial charge in [-0.3, -0.25) is 0 Å². The van der Waals surface area contributed by atoms with E-state index < -0.39 is 18.4 Å². The number of halogens is 4. The van der Waals surface area contributed by atoms with Gasteiger partial charge in [-0.05, 0) is 18.2 Å². The van der Waals surface area contributed by atoms with Gasteiger partial charge in [0.15, 0.2) is 0 Å². The molecule has 0 aromatic heterocycles. The van der Waals surface area contributed by atoms with Crippen LogP contribution in [0, 0.1) is 0 Å². The van der Waals surface area contributed by atoms with Crippen molar-refractivity contribution in [1.29, 1.82) is 0 Å². The van der Waals surface area contributed by atoms with E-state index in [1.807, 2.05) is 13.8 Å². The van der Waals surface area contributed by atoms with Crippen molar-refractivity contribution in [3.63, 3.8) is 0 Å². The molecule has 0 aliphatic carbocycles. The first-order valence-electron chi connectivity index (χ1n) is 5.10. The average Bonchev–Trinajstić information content (AvgIpc) is 2.55. The lowest BCUT2D eigenvalue weighted by Crippen LogP contribution is -2.30. The number of ether oxygens (including phenoxy) is 1. The summed E-state index contributed by atoms with van der Waals surface area (Å²) in [5.41, 5.74) is -0.0376. The summed E-state index contributed by atoms with van der Waals surface area (Å²) in [6, 6.07) is 4.27. The zero-order chi connectivity index (χ0) is 13.2. The fourth-order valence-electron chi connectivity index (χ4n) is 1.56. The van der Waals surface area contributed by atoms with E-state index in [9.17, 15) is 18.3 Å². The molecule has 1 heterocycles. The summed E-state index contributed by atoms with van der Waals surface area (Å²) >= 11 is 3.07. The number of hydrogen-bond acceptors (Lipinski definition) is 2. The van der Waals surface area contributed by atoms with Gasteiger partial charge >= 0.3 is 6.18 Å². The van der Waals surface area contributed by atoms with E-state index >= 15 is 0 Å². The summed E-state index contributed by atoms with van der Waals surface area (Å²) < 4.78 is 42.9. The summed E-state index contributed by atoms with van der Waals surface area (Å²) in [5, 5.41) is 9.18. The minimum absolute atomic E-state index is 0.0376. The lowest BCUT2D eigenvalue weighted by molar-refractivity contribution is -0.191. The molecule has 1 N–H and O–H groups in total. The molecule has 0 radical (unpaired) electrons. The summed E-state index contributed by atoms with van der Waals surface area (Å²) in [6.07, 6.45) is -6.36. The number of rotatable bonds is 0. The molecule has 1 aromatic carbocycles. The molecule has 2 nitrogen and oxygen atoms in total. The van der Waals surface area contributed by atoms with Crippen LogP contribution in [0.5, 0.6) is 5.75 Å². The van der Waals surface area contributed by atoms with Gasteiger partial charge in [0.25, 0.3) is 0 Å².